The normalized spacial score (nSPS) is 16.2. The number of halogens is 1. The van der Waals surface area contributed by atoms with E-state index >= 15 is 0 Å². The van der Waals surface area contributed by atoms with Gasteiger partial charge in [0.2, 0.25) is 0 Å². The van der Waals surface area contributed by atoms with Gasteiger partial charge in [-0.3, -0.25) is 9.36 Å². The van der Waals surface area contributed by atoms with Gasteiger partial charge in [0.1, 0.15) is 6.33 Å². The maximum absolute atomic E-state index is 12.6. The van der Waals surface area contributed by atoms with Crippen molar-refractivity contribution in [1.29, 1.82) is 0 Å². The molecule has 3 aromatic rings. The molecule has 1 saturated heterocycles. The van der Waals surface area contributed by atoms with Crippen LogP contribution in [0.2, 0.25) is 5.02 Å². The SMILES string of the molecule is CC1(C)CN(C(=O)c2ccc3c(c2)ncn3-c2cccc(Cl)c2)C1. The van der Waals surface area contributed by atoms with Crippen molar-refractivity contribution in [2.75, 3.05) is 13.1 Å². The molecule has 0 N–H and O–H groups in total. The van der Waals surface area contributed by atoms with Crippen LogP contribution in [-0.2, 0) is 0 Å². The van der Waals surface area contributed by atoms with E-state index in [1.54, 1.807) is 6.33 Å². The third-order valence-electron chi connectivity index (χ3n) is 4.41. The number of hydrogen-bond acceptors (Lipinski definition) is 2. The minimum absolute atomic E-state index is 0.0773. The lowest BCUT2D eigenvalue weighted by atomic mass is 9.84. The van der Waals surface area contributed by atoms with Crippen LogP contribution in [0.5, 0.6) is 0 Å². The van der Waals surface area contributed by atoms with Crippen LogP contribution in [0.25, 0.3) is 16.7 Å². The fraction of sp³-hybridized carbons (Fsp3) is 0.263. The Balaban J connectivity index is 1.67. The number of rotatable bonds is 2. The van der Waals surface area contributed by atoms with Crippen LogP contribution in [0.1, 0.15) is 24.2 Å². The molecule has 4 nitrogen and oxygen atoms in total. The third kappa shape index (κ3) is 2.57. The Morgan fingerprint density at radius 1 is 1.17 bits per heavy atom. The molecule has 1 amide bonds. The van der Waals surface area contributed by atoms with E-state index in [-0.39, 0.29) is 11.3 Å². The van der Waals surface area contributed by atoms with Crippen molar-refractivity contribution in [3.8, 4) is 5.69 Å². The summed E-state index contributed by atoms with van der Waals surface area (Å²) < 4.78 is 1.97. The average Bonchev–Trinajstić information content (AvgIpc) is 2.95. The molecule has 4 rings (SSSR count). The van der Waals surface area contributed by atoms with Crippen molar-refractivity contribution in [3.63, 3.8) is 0 Å². The lowest BCUT2D eigenvalue weighted by molar-refractivity contribution is 0.0236. The Hall–Kier alpha value is -2.33. The maximum atomic E-state index is 12.6. The first-order valence-corrected chi connectivity index (χ1v) is 8.33. The van der Waals surface area contributed by atoms with Gasteiger partial charge >= 0.3 is 0 Å². The molecule has 0 aliphatic carbocycles. The number of likely N-dealkylation sites (tertiary alicyclic amines) is 1. The molecule has 2 heterocycles. The molecular formula is C19H18ClN3O. The molecule has 1 aliphatic heterocycles. The summed E-state index contributed by atoms with van der Waals surface area (Å²) in [5.74, 6) is 0.0773. The standard InChI is InChI=1S/C19H18ClN3O/c1-19(2)10-22(11-19)18(24)13-6-7-17-16(8-13)21-12-23(17)15-5-3-4-14(20)9-15/h3-9,12H,10-11H2,1-2H3. The second-order valence-electron chi connectivity index (χ2n) is 7.12. The average molecular weight is 340 g/mol. The largest absolute Gasteiger partial charge is 0.337 e. The van der Waals surface area contributed by atoms with E-state index in [4.69, 9.17) is 11.6 Å². The maximum Gasteiger partial charge on any atom is 0.253 e. The molecule has 2 aromatic carbocycles. The van der Waals surface area contributed by atoms with Gasteiger partial charge in [0.15, 0.2) is 0 Å². The van der Waals surface area contributed by atoms with Crippen LogP contribution in [0, 0.1) is 5.41 Å². The Morgan fingerprint density at radius 3 is 2.67 bits per heavy atom. The van der Waals surface area contributed by atoms with E-state index in [1.165, 1.54) is 0 Å². The Morgan fingerprint density at radius 2 is 1.96 bits per heavy atom. The Labute approximate surface area is 145 Å². The van der Waals surface area contributed by atoms with Crippen LogP contribution in [0.15, 0.2) is 48.8 Å². The summed E-state index contributed by atoms with van der Waals surface area (Å²) in [6.07, 6.45) is 1.76. The van der Waals surface area contributed by atoms with Gasteiger partial charge in [-0.1, -0.05) is 31.5 Å². The molecule has 0 spiro atoms. The van der Waals surface area contributed by atoms with Gasteiger partial charge in [0, 0.05) is 29.4 Å². The number of nitrogens with zero attached hydrogens (tertiary/aromatic N) is 3. The number of carbonyl (C=O) groups is 1. The molecule has 1 fully saturated rings. The highest BCUT2D eigenvalue weighted by molar-refractivity contribution is 6.30. The second kappa shape index (κ2) is 5.35. The van der Waals surface area contributed by atoms with Crippen LogP contribution < -0.4 is 0 Å². The van der Waals surface area contributed by atoms with E-state index in [0.717, 1.165) is 29.8 Å². The first-order chi connectivity index (χ1) is 11.4. The lowest BCUT2D eigenvalue weighted by Gasteiger charge is -2.45. The molecule has 0 bridgehead atoms. The zero-order valence-corrected chi connectivity index (χ0v) is 14.4. The van der Waals surface area contributed by atoms with Crippen molar-refractivity contribution < 1.29 is 4.79 Å². The number of fused-ring (bicyclic) bond motifs is 1. The van der Waals surface area contributed by atoms with Crippen molar-refractivity contribution >= 4 is 28.5 Å². The molecule has 0 atom stereocenters. The fourth-order valence-electron chi connectivity index (χ4n) is 3.29. The Kier molecular flexibility index (Phi) is 3.39. The highest BCUT2D eigenvalue weighted by Crippen LogP contribution is 2.30. The van der Waals surface area contributed by atoms with Crippen molar-refractivity contribution in [1.82, 2.24) is 14.5 Å². The van der Waals surface area contributed by atoms with E-state index < -0.39 is 0 Å². The van der Waals surface area contributed by atoms with Crippen LogP contribution in [-0.4, -0.2) is 33.4 Å². The first-order valence-electron chi connectivity index (χ1n) is 7.95. The summed E-state index contributed by atoms with van der Waals surface area (Å²) in [7, 11) is 0. The monoisotopic (exact) mass is 339 g/mol. The van der Waals surface area contributed by atoms with E-state index in [0.29, 0.717) is 10.6 Å². The Bertz CT molecular complexity index is 937. The third-order valence-corrected chi connectivity index (χ3v) is 4.64. The minimum atomic E-state index is 0.0773. The van der Waals surface area contributed by atoms with Crippen LogP contribution in [0.3, 0.4) is 0 Å². The summed E-state index contributed by atoms with van der Waals surface area (Å²) in [6, 6.07) is 13.3. The number of carbonyl (C=O) groups excluding carboxylic acids is 1. The summed E-state index contributed by atoms with van der Waals surface area (Å²) in [4.78, 5) is 18.9. The zero-order chi connectivity index (χ0) is 16.9. The predicted molar refractivity (Wildman–Crippen MR) is 95.8 cm³/mol. The smallest absolute Gasteiger partial charge is 0.253 e. The zero-order valence-electron chi connectivity index (χ0n) is 13.7. The van der Waals surface area contributed by atoms with E-state index in [2.05, 4.69) is 18.8 Å². The van der Waals surface area contributed by atoms with Gasteiger partial charge in [0.05, 0.1) is 11.0 Å². The molecule has 0 unspecified atom stereocenters. The van der Waals surface area contributed by atoms with Crippen molar-refractivity contribution in [2.45, 2.75) is 13.8 Å². The van der Waals surface area contributed by atoms with Gasteiger partial charge in [-0.15, -0.1) is 0 Å². The fourth-order valence-corrected chi connectivity index (χ4v) is 3.48. The van der Waals surface area contributed by atoms with Gasteiger partial charge in [-0.25, -0.2) is 4.98 Å². The summed E-state index contributed by atoms with van der Waals surface area (Å²) in [5, 5.41) is 0.682. The van der Waals surface area contributed by atoms with Gasteiger partial charge < -0.3 is 4.90 Å². The number of aromatic nitrogens is 2. The summed E-state index contributed by atoms with van der Waals surface area (Å²) in [5.41, 5.74) is 3.63. The summed E-state index contributed by atoms with van der Waals surface area (Å²) in [6.45, 7) is 5.96. The molecule has 0 saturated carbocycles. The van der Waals surface area contributed by atoms with E-state index in [1.807, 2.05) is 51.9 Å². The topological polar surface area (TPSA) is 38.1 Å². The quantitative estimate of drug-likeness (QED) is 0.703. The van der Waals surface area contributed by atoms with E-state index in [9.17, 15) is 4.79 Å². The highest BCUT2D eigenvalue weighted by atomic mass is 35.5. The van der Waals surface area contributed by atoms with Crippen molar-refractivity contribution in [3.05, 3.63) is 59.4 Å². The molecule has 1 aliphatic rings. The lowest BCUT2D eigenvalue weighted by Crippen LogP contribution is -2.55. The molecule has 5 heteroatoms. The number of amides is 1. The number of imidazole rings is 1. The van der Waals surface area contributed by atoms with Crippen LogP contribution in [0.4, 0.5) is 0 Å². The number of hydrogen-bond donors (Lipinski definition) is 0. The van der Waals surface area contributed by atoms with Gasteiger partial charge in [-0.2, -0.15) is 0 Å². The molecule has 24 heavy (non-hydrogen) atoms. The predicted octanol–water partition coefficient (Wildman–Crippen LogP) is 4.16. The van der Waals surface area contributed by atoms with Gasteiger partial charge in [0.25, 0.3) is 5.91 Å². The molecular weight excluding hydrogens is 322 g/mol. The second-order valence-corrected chi connectivity index (χ2v) is 7.56. The molecule has 122 valence electrons. The van der Waals surface area contributed by atoms with Crippen molar-refractivity contribution in [2.24, 2.45) is 5.41 Å². The molecule has 1 aromatic heterocycles. The highest BCUT2D eigenvalue weighted by Gasteiger charge is 2.37. The minimum Gasteiger partial charge on any atom is -0.337 e. The van der Waals surface area contributed by atoms with Gasteiger partial charge in [-0.05, 0) is 41.8 Å². The first kappa shape index (κ1) is 15.2. The molecule has 0 radical (unpaired) electrons. The summed E-state index contributed by atoms with van der Waals surface area (Å²) >= 11 is 6.08. The van der Waals surface area contributed by atoms with Crippen LogP contribution >= 0.6 is 11.6 Å². The number of benzene rings is 2.